The molecule has 1 aliphatic carbocycles. The number of hydrogen-bond acceptors (Lipinski definition) is 2. The number of halogens is 4. The van der Waals surface area contributed by atoms with Crippen LogP contribution in [-0.2, 0) is 4.79 Å². The third-order valence-corrected chi connectivity index (χ3v) is 3.48. The zero-order valence-electron chi connectivity index (χ0n) is 10.2. The minimum atomic E-state index is -4.61. The van der Waals surface area contributed by atoms with Crippen molar-refractivity contribution in [1.29, 1.82) is 0 Å². The lowest BCUT2D eigenvalue weighted by Crippen LogP contribution is -2.53. The predicted molar refractivity (Wildman–Crippen MR) is 58.5 cm³/mol. The van der Waals surface area contributed by atoms with Crippen molar-refractivity contribution in [3.63, 3.8) is 0 Å². The maximum atomic E-state index is 13.1. The van der Waals surface area contributed by atoms with E-state index in [0.29, 0.717) is 6.42 Å². The van der Waals surface area contributed by atoms with Gasteiger partial charge < -0.3 is 10.6 Å². The third kappa shape index (κ3) is 2.76. The largest absolute Gasteiger partial charge is 0.383 e. The summed E-state index contributed by atoms with van der Waals surface area (Å²) >= 11 is 0. The third-order valence-electron chi connectivity index (χ3n) is 3.48. The number of amides is 1. The van der Waals surface area contributed by atoms with Crippen molar-refractivity contribution in [2.75, 3.05) is 13.1 Å². The highest BCUT2D eigenvalue weighted by atomic mass is 19.3. The fourth-order valence-corrected chi connectivity index (χ4v) is 2.52. The van der Waals surface area contributed by atoms with E-state index in [1.807, 2.05) is 0 Å². The molecule has 1 amide bonds. The highest BCUT2D eigenvalue weighted by Crippen LogP contribution is 2.33. The SMILES string of the molecule is CCN(C(=O)C(F)(F)C(F)F)C1CCCC1CN. The van der Waals surface area contributed by atoms with Crippen LogP contribution in [0.2, 0.25) is 0 Å². The van der Waals surface area contributed by atoms with Crippen molar-refractivity contribution in [3.05, 3.63) is 0 Å². The Hall–Kier alpha value is -0.850. The molecular weight excluding hydrogens is 252 g/mol. The minimum absolute atomic E-state index is 0.0116. The zero-order valence-corrected chi connectivity index (χ0v) is 10.2. The summed E-state index contributed by atoms with van der Waals surface area (Å²) < 4.78 is 50.6. The molecule has 0 aromatic carbocycles. The van der Waals surface area contributed by atoms with Gasteiger partial charge in [0, 0.05) is 12.6 Å². The molecule has 106 valence electrons. The fraction of sp³-hybridized carbons (Fsp3) is 0.909. The van der Waals surface area contributed by atoms with Gasteiger partial charge in [0.2, 0.25) is 0 Å². The Morgan fingerprint density at radius 1 is 1.44 bits per heavy atom. The van der Waals surface area contributed by atoms with Gasteiger partial charge in [0.25, 0.3) is 5.91 Å². The monoisotopic (exact) mass is 270 g/mol. The number of rotatable bonds is 5. The number of carbonyl (C=O) groups excluding carboxylic acids is 1. The van der Waals surface area contributed by atoms with E-state index < -0.39 is 24.3 Å². The second-order valence-electron chi connectivity index (χ2n) is 4.51. The summed E-state index contributed by atoms with van der Waals surface area (Å²) in [5, 5.41) is 0. The Morgan fingerprint density at radius 3 is 2.50 bits per heavy atom. The van der Waals surface area contributed by atoms with Crippen LogP contribution in [0.3, 0.4) is 0 Å². The molecule has 18 heavy (non-hydrogen) atoms. The lowest BCUT2D eigenvalue weighted by molar-refractivity contribution is -0.183. The van der Waals surface area contributed by atoms with Crippen molar-refractivity contribution in [1.82, 2.24) is 4.90 Å². The highest BCUT2D eigenvalue weighted by molar-refractivity contribution is 5.84. The Labute approximate surface area is 103 Å². The lowest BCUT2D eigenvalue weighted by Gasteiger charge is -2.34. The van der Waals surface area contributed by atoms with E-state index in [1.165, 1.54) is 6.92 Å². The fourth-order valence-electron chi connectivity index (χ4n) is 2.52. The standard InChI is InChI=1S/C11H18F4N2O/c1-2-17(8-5-3-4-7(8)6-16)10(18)11(14,15)9(12)13/h7-9H,2-6,16H2,1H3. The van der Waals surface area contributed by atoms with Crippen LogP contribution < -0.4 is 5.73 Å². The molecule has 0 radical (unpaired) electrons. The maximum absolute atomic E-state index is 13.1. The van der Waals surface area contributed by atoms with Crippen LogP contribution in [0.5, 0.6) is 0 Å². The molecule has 0 aromatic rings. The van der Waals surface area contributed by atoms with E-state index in [9.17, 15) is 22.4 Å². The second-order valence-corrected chi connectivity index (χ2v) is 4.51. The number of nitrogens with two attached hydrogens (primary N) is 1. The average molecular weight is 270 g/mol. The molecule has 0 aliphatic heterocycles. The summed E-state index contributed by atoms with van der Waals surface area (Å²) in [6.07, 6.45) is -1.92. The molecule has 2 N–H and O–H groups in total. The summed E-state index contributed by atoms with van der Waals surface area (Å²) in [5.74, 6) is -6.48. The molecule has 1 fully saturated rings. The first-order chi connectivity index (χ1) is 8.36. The van der Waals surface area contributed by atoms with Gasteiger partial charge in [0.15, 0.2) is 0 Å². The Kier molecular flexibility index (Phi) is 4.95. The topological polar surface area (TPSA) is 46.3 Å². The number of alkyl halides is 4. The summed E-state index contributed by atoms with van der Waals surface area (Å²) in [7, 11) is 0. The van der Waals surface area contributed by atoms with Crippen molar-refractivity contribution < 1.29 is 22.4 Å². The van der Waals surface area contributed by atoms with Gasteiger partial charge in [-0.25, -0.2) is 8.78 Å². The molecule has 2 atom stereocenters. The predicted octanol–water partition coefficient (Wildman–Crippen LogP) is 1.86. The van der Waals surface area contributed by atoms with Crippen LogP contribution in [0.15, 0.2) is 0 Å². The van der Waals surface area contributed by atoms with E-state index >= 15 is 0 Å². The molecule has 2 unspecified atom stereocenters. The van der Waals surface area contributed by atoms with E-state index in [4.69, 9.17) is 5.73 Å². The van der Waals surface area contributed by atoms with Gasteiger partial charge in [0.05, 0.1) is 0 Å². The van der Waals surface area contributed by atoms with Gasteiger partial charge in [-0.15, -0.1) is 0 Å². The minimum Gasteiger partial charge on any atom is -0.334 e. The van der Waals surface area contributed by atoms with Gasteiger partial charge in [0.1, 0.15) is 0 Å². The quantitative estimate of drug-likeness (QED) is 0.775. The Balaban J connectivity index is 2.86. The average Bonchev–Trinajstić information content (AvgIpc) is 2.77. The molecule has 3 nitrogen and oxygen atoms in total. The Bertz CT molecular complexity index is 299. The van der Waals surface area contributed by atoms with Gasteiger partial charge in [-0.2, -0.15) is 8.78 Å². The van der Waals surface area contributed by atoms with Crippen molar-refractivity contribution in [3.8, 4) is 0 Å². The molecule has 0 bridgehead atoms. The van der Waals surface area contributed by atoms with E-state index in [1.54, 1.807) is 0 Å². The van der Waals surface area contributed by atoms with Crippen molar-refractivity contribution in [2.24, 2.45) is 11.7 Å². The summed E-state index contributed by atoms with van der Waals surface area (Å²) in [4.78, 5) is 12.4. The normalized spacial score (nSPS) is 24.6. The number of hydrogen-bond donors (Lipinski definition) is 1. The first kappa shape index (κ1) is 15.2. The summed E-state index contributed by atoms with van der Waals surface area (Å²) in [6, 6.07) is -0.447. The first-order valence-corrected chi connectivity index (χ1v) is 6.03. The lowest BCUT2D eigenvalue weighted by atomic mass is 10.0. The van der Waals surface area contributed by atoms with Crippen molar-refractivity contribution >= 4 is 5.91 Å². The van der Waals surface area contributed by atoms with Crippen molar-refractivity contribution in [2.45, 2.75) is 44.6 Å². The highest BCUT2D eigenvalue weighted by Gasteiger charge is 2.52. The van der Waals surface area contributed by atoms with Gasteiger partial charge >= 0.3 is 12.3 Å². The van der Waals surface area contributed by atoms with Crippen LogP contribution in [0.25, 0.3) is 0 Å². The molecule has 0 heterocycles. The van der Waals surface area contributed by atoms with E-state index in [0.717, 1.165) is 17.7 Å². The Morgan fingerprint density at radius 2 is 2.06 bits per heavy atom. The van der Waals surface area contributed by atoms with Gasteiger partial charge in [-0.1, -0.05) is 6.42 Å². The summed E-state index contributed by atoms with van der Waals surface area (Å²) in [6.45, 7) is 1.77. The number of carbonyl (C=O) groups is 1. The van der Waals surface area contributed by atoms with Gasteiger partial charge in [-0.3, -0.25) is 4.79 Å². The molecule has 0 spiro atoms. The molecule has 7 heteroatoms. The van der Waals surface area contributed by atoms with Crippen LogP contribution in [0.4, 0.5) is 17.6 Å². The first-order valence-electron chi connectivity index (χ1n) is 6.03. The molecule has 0 aromatic heterocycles. The molecule has 1 aliphatic rings. The number of nitrogens with zero attached hydrogens (tertiary/aromatic N) is 1. The van der Waals surface area contributed by atoms with Crippen LogP contribution >= 0.6 is 0 Å². The van der Waals surface area contributed by atoms with Crippen LogP contribution in [-0.4, -0.2) is 42.3 Å². The molecule has 0 saturated heterocycles. The van der Waals surface area contributed by atoms with Crippen LogP contribution in [0.1, 0.15) is 26.2 Å². The van der Waals surface area contributed by atoms with Crippen LogP contribution in [0, 0.1) is 5.92 Å². The smallest absolute Gasteiger partial charge is 0.334 e. The molecular formula is C11H18F4N2O. The van der Waals surface area contributed by atoms with Gasteiger partial charge in [-0.05, 0) is 32.2 Å². The van der Waals surface area contributed by atoms with E-state index in [2.05, 4.69) is 0 Å². The second kappa shape index (κ2) is 5.86. The summed E-state index contributed by atoms with van der Waals surface area (Å²) in [5.41, 5.74) is 5.51. The molecule has 1 saturated carbocycles. The maximum Gasteiger partial charge on any atom is 0.383 e. The van der Waals surface area contributed by atoms with E-state index in [-0.39, 0.29) is 19.0 Å². The zero-order chi connectivity index (χ0) is 13.9. The molecule has 1 rings (SSSR count).